The van der Waals surface area contributed by atoms with E-state index in [0.29, 0.717) is 10.8 Å². The molecule has 1 aromatic heterocycles. The number of carbonyl (C=O) groups excluding carboxylic acids is 1. The van der Waals surface area contributed by atoms with Gasteiger partial charge in [-0.3, -0.25) is 0 Å². The van der Waals surface area contributed by atoms with Crippen LogP contribution in [0, 0.1) is 6.92 Å². The summed E-state index contributed by atoms with van der Waals surface area (Å²) in [4.78, 5) is 26.9. The molecule has 0 aliphatic rings. The van der Waals surface area contributed by atoms with Gasteiger partial charge in [0, 0.05) is 6.20 Å². The van der Waals surface area contributed by atoms with Crippen molar-refractivity contribution in [3.63, 3.8) is 0 Å². The fourth-order valence-corrected chi connectivity index (χ4v) is 1.38. The first-order chi connectivity index (χ1) is 5.74. The fourth-order valence-electron chi connectivity index (χ4n) is 0.709. The number of nitrogens with one attached hydrogen (secondary N) is 1. The van der Waals surface area contributed by atoms with E-state index in [9.17, 15) is 9.59 Å². The maximum absolute atomic E-state index is 10.7. The van der Waals surface area contributed by atoms with Gasteiger partial charge in [0.1, 0.15) is 6.29 Å². The maximum atomic E-state index is 10.7. The molecular formula is C7H8N2O2S. The Kier molecular flexibility index (Phi) is 3.04. The summed E-state index contributed by atoms with van der Waals surface area (Å²) in [5.74, 6) is 0.348. The van der Waals surface area contributed by atoms with Crippen molar-refractivity contribution in [3.8, 4) is 0 Å². The van der Waals surface area contributed by atoms with E-state index < -0.39 is 0 Å². The number of hydrogen-bond acceptors (Lipinski definition) is 4. The first-order valence-corrected chi connectivity index (χ1v) is 4.35. The standard InChI is InChI=1S/C7H8N2O2S/c1-5-4-8-7(11)9-6(5)12-3-2-10/h2,4H,3H2,1H3,(H,8,9,11). The van der Waals surface area contributed by atoms with Crippen LogP contribution in [0.25, 0.3) is 0 Å². The van der Waals surface area contributed by atoms with E-state index in [0.717, 1.165) is 11.8 Å². The summed E-state index contributed by atoms with van der Waals surface area (Å²) in [5, 5.41) is 0.710. The van der Waals surface area contributed by atoms with Crippen molar-refractivity contribution in [2.45, 2.75) is 11.9 Å². The lowest BCUT2D eigenvalue weighted by molar-refractivity contribution is -0.105. The Balaban J connectivity index is 2.89. The molecule has 4 nitrogen and oxygen atoms in total. The molecule has 0 unspecified atom stereocenters. The van der Waals surface area contributed by atoms with Crippen LogP contribution in [0.5, 0.6) is 0 Å². The van der Waals surface area contributed by atoms with Crippen molar-refractivity contribution in [2.75, 3.05) is 5.75 Å². The average molecular weight is 184 g/mol. The van der Waals surface area contributed by atoms with Crippen molar-refractivity contribution in [3.05, 3.63) is 22.2 Å². The molecule has 0 atom stereocenters. The zero-order chi connectivity index (χ0) is 8.97. The number of H-pyrrole nitrogens is 1. The van der Waals surface area contributed by atoms with E-state index in [1.54, 1.807) is 0 Å². The normalized spacial score (nSPS) is 9.75. The largest absolute Gasteiger partial charge is 0.345 e. The van der Waals surface area contributed by atoms with Crippen LogP contribution in [0.3, 0.4) is 0 Å². The van der Waals surface area contributed by atoms with Crippen molar-refractivity contribution >= 4 is 18.0 Å². The number of aromatic nitrogens is 2. The van der Waals surface area contributed by atoms with Crippen molar-refractivity contribution in [1.29, 1.82) is 0 Å². The Hall–Kier alpha value is -1.10. The van der Waals surface area contributed by atoms with Crippen LogP contribution < -0.4 is 5.69 Å². The second-order valence-corrected chi connectivity index (χ2v) is 3.21. The molecule has 5 heteroatoms. The van der Waals surface area contributed by atoms with Crippen LogP contribution in [-0.2, 0) is 4.79 Å². The maximum Gasteiger partial charge on any atom is 0.345 e. The quantitative estimate of drug-likeness (QED) is 0.419. The van der Waals surface area contributed by atoms with Crippen LogP contribution in [0.1, 0.15) is 5.56 Å². The summed E-state index contributed by atoms with van der Waals surface area (Å²) in [6.45, 7) is 1.83. The topological polar surface area (TPSA) is 62.8 Å². The van der Waals surface area contributed by atoms with Crippen molar-refractivity contribution < 1.29 is 4.79 Å². The number of rotatable bonds is 3. The van der Waals surface area contributed by atoms with E-state index in [1.165, 1.54) is 18.0 Å². The second-order valence-electron chi connectivity index (χ2n) is 2.18. The second kappa shape index (κ2) is 4.06. The molecule has 0 aromatic carbocycles. The minimum atomic E-state index is -0.381. The number of aromatic amines is 1. The molecule has 0 aliphatic carbocycles. The van der Waals surface area contributed by atoms with Gasteiger partial charge < -0.3 is 9.78 Å². The highest BCUT2D eigenvalue weighted by Gasteiger charge is 1.99. The molecular weight excluding hydrogens is 176 g/mol. The predicted molar refractivity (Wildman–Crippen MR) is 46.4 cm³/mol. The van der Waals surface area contributed by atoms with Gasteiger partial charge in [-0.15, -0.1) is 11.8 Å². The van der Waals surface area contributed by atoms with Gasteiger partial charge >= 0.3 is 5.69 Å². The van der Waals surface area contributed by atoms with E-state index in [2.05, 4.69) is 9.97 Å². The van der Waals surface area contributed by atoms with E-state index in [4.69, 9.17) is 0 Å². The molecule has 0 aliphatic heterocycles. The average Bonchev–Trinajstić information content (AvgIpc) is 2.07. The molecule has 0 amide bonds. The van der Waals surface area contributed by atoms with E-state index in [1.807, 2.05) is 6.92 Å². The third-order valence-corrected chi connectivity index (χ3v) is 2.27. The number of hydrogen-bond donors (Lipinski definition) is 1. The third-order valence-electron chi connectivity index (χ3n) is 1.25. The first-order valence-electron chi connectivity index (χ1n) is 3.36. The molecule has 0 saturated heterocycles. The summed E-state index contributed by atoms with van der Waals surface area (Å²) in [6, 6.07) is 0. The first kappa shape index (κ1) is 8.99. The Labute approximate surface area is 73.4 Å². The number of carbonyl (C=O) groups is 1. The third kappa shape index (κ3) is 2.20. The lowest BCUT2D eigenvalue weighted by Crippen LogP contribution is -2.11. The molecule has 12 heavy (non-hydrogen) atoms. The molecule has 0 spiro atoms. The Morgan fingerprint density at radius 1 is 1.75 bits per heavy atom. The van der Waals surface area contributed by atoms with E-state index in [-0.39, 0.29) is 5.69 Å². The number of thioether (sulfide) groups is 1. The van der Waals surface area contributed by atoms with Crippen LogP contribution in [0.4, 0.5) is 0 Å². The zero-order valence-electron chi connectivity index (χ0n) is 6.53. The minimum Gasteiger partial charge on any atom is -0.302 e. The van der Waals surface area contributed by atoms with Crippen LogP contribution in [-0.4, -0.2) is 22.0 Å². The van der Waals surface area contributed by atoms with Crippen molar-refractivity contribution in [1.82, 2.24) is 9.97 Å². The Morgan fingerprint density at radius 2 is 2.50 bits per heavy atom. The molecule has 1 rings (SSSR count). The molecule has 0 saturated carbocycles. The summed E-state index contributed by atoms with van der Waals surface area (Å²) in [5.41, 5.74) is 0.496. The molecule has 0 bridgehead atoms. The number of nitrogens with zero attached hydrogens (tertiary/aromatic N) is 1. The molecule has 1 N–H and O–H groups in total. The van der Waals surface area contributed by atoms with Gasteiger partial charge in [-0.25, -0.2) is 9.78 Å². The highest BCUT2D eigenvalue weighted by atomic mass is 32.2. The SMILES string of the molecule is Cc1cnc(=O)[nH]c1SCC=O. The predicted octanol–water partition coefficient (Wildman–Crippen LogP) is 0.369. The van der Waals surface area contributed by atoms with Crippen LogP contribution >= 0.6 is 11.8 Å². The molecule has 1 aromatic rings. The zero-order valence-corrected chi connectivity index (χ0v) is 7.35. The highest BCUT2D eigenvalue weighted by molar-refractivity contribution is 7.99. The van der Waals surface area contributed by atoms with Gasteiger partial charge in [0.2, 0.25) is 0 Å². The Morgan fingerprint density at radius 3 is 3.17 bits per heavy atom. The van der Waals surface area contributed by atoms with Gasteiger partial charge in [-0.05, 0) is 12.5 Å². The Bertz CT molecular complexity index is 334. The van der Waals surface area contributed by atoms with Gasteiger partial charge in [0.25, 0.3) is 0 Å². The summed E-state index contributed by atoms with van der Waals surface area (Å²) in [6.07, 6.45) is 2.29. The monoisotopic (exact) mass is 184 g/mol. The van der Waals surface area contributed by atoms with Crippen LogP contribution in [0.15, 0.2) is 16.0 Å². The fraction of sp³-hybridized carbons (Fsp3) is 0.286. The molecule has 0 radical (unpaired) electrons. The molecule has 0 fully saturated rings. The molecule has 64 valence electrons. The lowest BCUT2D eigenvalue weighted by Gasteiger charge is -1.99. The van der Waals surface area contributed by atoms with Gasteiger partial charge in [-0.1, -0.05) is 0 Å². The number of aldehydes is 1. The van der Waals surface area contributed by atoms with Gasteiger partial charge in [0.05, 0.1) is 10.8 Å². The van der Waals surface area contributed by atoms with Gasteiger partial charge in [-0.2, -0.15) is 0 Å². The van der Waals surface area contributed by atoms with Crippen LogP contribution in [0.2, 0.25) is 0 Å². The summed E-state index contributed by atoms with van der Waals surface area (Å²) < 4.78 is 0. The molecule has 1 heterocycles. The highest BCUT2D eigenvalue weighted by Crippen LogP contribution is 2.15. The number of aryl methyl sites for hydroxylation is 1. The lowest BCUT2D eigenvalue weighted by atomic mass is 10.4. The minimum absolute atomic E-state index is 0.348. The van der Waals surface area contributed by atoms with Gasteiger partial charge in [0.15, 0.2) is 0 Å². The van der Waals surface area contributed by atoms with E-state index >= 15 is 0 Å². The smallest absolute Gasteiger partial charge is 0.302 e. The summed E-state index contributed by atoms with van der Waals surface area (Å²) >= 11 is 1.30. The van der Waals surface area contributed by atoms with Crippen molar-refractivity contribution in [2.24, 2.45) is 0 Å². The summed E-state index contributed by atoms with van der Waals surface area (Å²) in [7, 11) is 0.